The normalized spacial score (nSPS) is 15.9. The summed E-state index contributed by atoms with van der Waals surface area (Å²) in [5.41, 5.74) is 2.41. The minimum atomic E-state index is -3.74. The molecule has 0 saturated carbocycles. The Kier molecular flexibility index (Phi) is 6.29. The van der Waals surface area contributed by atoms with Crippen LogP contribution in [0, 0.1) is 13.8 Å². The average molecular weight is 416 g/mol. The second kappa shape index (κ2) is 8.55. The molecule has 1 fully saturated rings. The van der Waals surface area contributed by atoms with E-state index in [4.69, 9.17) is 0 Å². The molecule has 1 N–H and O–H groups in total. The SMILES string of the molecule is Cc1ccc(C)c(S(=O)(=O)Nc2cccc(C(=O)N(C)C3CCN(C)CC3)c2)c1. The third kappa shape index (κ3) is 4.97. The number of amides is 1. The lowest BCUT2D eigenvalue weighted by atomic mass is 10.0. The van der Waals surface area contributed by atoms with Crippen LogP contribution in [0.25, 0.3) is 0 Å². The van der Waals surface area contributed by atoms with Gasteiger partial charge in [0.05, 0.1) is 4.90 Å². The molecule has 0 bridgehead atoms. The lowest BCUT2D eigenvalue weighted by molar-refractivity contribution is 0.0659. The van der Waals surface area contributed by atoms with Crippen LogP contribution in [0.5, 0.6) is 0 Å². The first kappa shape index (κ1) is 21.3. The highest BCUT2D eigenvalue weighted by atomic mass is 32.2. The maximum absolute atomic E-state index is 12.9. The van der Waals surface area contributed by atoms with E-state index in [1.807, 2.05) is 20.0 Å². The Balaban J connectivity index is 1.78. The second-order valence-electron chi connectivity index (χ2n) is 7.91. The maximum atomic E-state index is 12.9. The van der Waals surface area contributed by atoms with Gasteiger partial charge in [0.15, 0.2) is 0 Å². The third-order valence-corrected chi connectivity index (χ3v) is 7.07. The lowest BCUT2D eigenvalue weighted by Gasteiger charge is -2.35. The van der Waals surface area contributed by atoms with Gasteiger partial charge in [-0.15, -0.1) is 0 Å². The predicted molar refractivity (Wildman–Crippen MR) is 116 cm³/mol. The van der Waals surface area contributed by atoms with Crippen molar-refractivity contribution in [2.45, 2.75) is 37.6 Å². The van der Waals surface area contributed by atoms with Crippen molar-refractivity contribution in [1.29, 1.82) is 0 Å². The summed E-state index contributed by atoms with van der Waals surface area (Å²) in [5, 5.41) is 0. The van der Waals surface area contributed by atoms with E-state index in [0.29, 0.717) is 16.8 Å². The summed E-state index contributed by atoms with van der Waals surface area (Å²) in [7, 11) is 0.175. The number of nitrogens with zero attached hydrogens (tertiary/aromatic N) is 2. The fourth-order valence-corrected chi connectivity index (χ4v) is 5.05. The Morgan fingerprint density at radius 3 is 2.48 bits per heavy atom. The number of nitrogens with one attached hydrogen (secondary N) is 1. The molecule has 2 aromatic rings. The molecule has 0 aromatic heterocycles. The zero-order valence-electron chi connectivity index (χ0n) is 17.5. The quantitative estimate of drug-likeness (QED) is 0.814. The van der Waals surface area contributed by atoms with Crippen LogP contribution in [0.1, 0.15) is 34.3 Å². The van der Waals surface area contributed by atoms with Crippen molar-refractivity contribution in [2.75, 3.05) is 31.9 Å². The Morgan fingerprint density at radius 2 is 1.79 bits per heavy atom. The van der Waals surface area contributed by atoms with Gasteiger partial charge >= 0.3 is 0 Å². The molecule has 0 spiro atoms. The van der Waals surface area contributed by atoms with Gasteiger partial charge in [-0.05, 0) is 82.2 Å². The van der Waals surface area contributed by atoms with Crippen LogP contribution in [0.3, 0.4) is 0 Å². The van der Waals surface area contributed by atoms with Crippen molar-refractivity contribution >= 4 is 21.6 Å². The summed E-state index contributed by atoms with van der Waals surface area (Å²) in [4.78, 5) is 17.2. The van der Waals surface area contributed by atoms with Gasteiger partial charge in [-0.3, -0.25) is 9.52 Å². The van der Waals surface area contributed by atoms with Gasteiger partial charge in [-0.1, -0.05) is 18.2 Å². The second-order valence-corrected chi connectivity index (χ2v) is 9.56. The van der Waals surface area contributed by atoms with E-state index < -0.39 is 10.0 Å². The topological polar surface area (TPSA) is 69.7 Å². The molecular weight excluding hydrogens is 386 g/mol. The lowest BCUT2D eigenvalue weighted by Crippen LogP contribution is -2.44. The van der Waals surface area contributed by atoms with E-state index in [2.05, 4.69) is 16.7 Å². The molecule has 1 amide bonds. The number of hydrogen-bond acceptors (Lipinski definition) is 4. The zero-order chi connectivity index (χ0) is 21.2. The van der Waals surface area contributed by atoms with Crippen LogP contribution in [0.4, 0.5) is 5.69 Å². The summed E-state index contributed by atoms with van der Waals surface area (Å²) in [6.45, 7) is 5.57. The minimum absolute atomic E-state index is 0.0904. The van der Waals surface area contributed by atoms with Gasteiger partial charge in [-0.2, -0.15) is 0 Å². The number of carbonyl (C=O) groups excluding carboxylic acids is 1. The Morgan fingerprint density at radius 1 is 1.10 bits per heavy atom. The first-order chi connectivity index (χ1) is 13.7. The monoisotopic (exact) mass is 415 g/mol. The summed E-state index contributed by atoms with van der Waals surface area (Å²) in [6.07, 6.45) is 1.88. The van der Waals surface area contributed by atoms with E-state index in [1.165, 1.54) is 0 Å². The highest BCUT2D eigenvalue weighted by Gasteiger charge is 2.25. The molecule has 0 aliphatic carbocycles. The number of carbonyl (C=O) groups is 1. The van der Waals surface area contributed by atoms with Crippen LogP contribution in [0.15, 0.2) is 47.4 Å². The number of piperidine rings is 1. The smallest absolute Gasteiger partial charge is 0.262 e. The van der Waals surface area contributed by atoms with Crippen molar-refractivity contribution in [3.63, 3.8) is 0 Å². The van der Waals surface area contributed by atoms with Crippen LogP contribution < -0.4 is 4.72 Å². The molecule has 156 valence electrons. The molecule has 1 aliphatic rings. The number of anilines is 1. The van der Waals surface area contributed by atoms with E-state index >= 15 is 0 Å². The van der Waals surface area contributed by atoms with E-state index in [-0.39, 0.29) is 16.8 Å². The Labute approximate surface area is 173 Å². The van der Waals surface area contributed by atoms with E-state index in [1.54, 1.807) is 48.2 Å². The summed E-state index contributed by atoms with van der Waals surface area (Å²) < 4.78 is 28.3. The van der Waals surface area contributed by atoms with Gasteiger partial charge in [0.1, 0.15) is 0 Å². The molecule has 6 nitrogen and oxygen atoms in total. The first-order valence-electron chi connectivity index (χ1n) is 9.83. The number of rotatable bonds is 5. The largest absolute Gasteiger partial charge is 0.339 e. The fraction of sp³-hybridized carbons (Fsp3) is 0.409. The van der Waals surface area contributed by atoms with E-state index in [0.717, 1.165) is 31.5 Å². The molecule has 0 atom stereocenters. The number of likely N-dealkylation sites (tertiary alicyclic amines) is 1. The van der Waals surface area contributed by atoms with Crippen molar-refractivity contribution in [3.8, 4) is 0 Å². The highest BCUT2D eigenvalue weighted by molar-refractivity contribution is 7.92. The van der Waals surface area contributed by atoms with Crippen LogP contribution >= 0.6 is 0 Å². The number of aryl methyl sites for hydroxylation is 2. The highest BCUT2D eigenvalue weighted by Crippen LogP contribution is 2.23. The minimum Gasteiger partial charge on any atom is -0.339 e. The van der Waals surface area contributed by atoms with Gasteiger partial charge < -0.3 is 9.80 Å². The van der Waals surface area contributed by atoms with Crippen molar-refractivity contribution < 1.29 is 13.2 Å². The number of hydrogen-bond donors (Lipinski definition) is 1. The van der Waals surface area contributed by atoms with Crippen LogP contribution in [0.2, 0.25) is 0 Å². The van der Waals surface area contributed by atoms with Gasteiger partial charge in [0.25, 0.3) is 15.9 Å². The Bertz CT molecular complexity index is 996. The van der Waals surface area contributed by atoms with Gasteiger partial charge in [0.2, 0.25) is 0 Å². The zero-order valence-corrected chi connectivity index (χ0v) is 18.3. The molecule has 29 heavy (non-hydrogen) atoms. The van der Waals surface area contributed by atoms with Crippen molar-refractivity contribution in [1.82, 2.24) is 9.80 Å². The summed E-state index contributed by atoms with van der Waals surface area (Å²) in [5.74, 6) is -0.0904. The van der Waals surface area contributed by atoms with Gasteiger partial charge in [-0.25, -0.2) is 8.42 Å². The molecule has 1 aliphatic heterocycles. The predicted octanol–water partition coefficient (Wildman–Crippen LogP) is 3.27. The van der Waals surface area contributed by atoms with Crippen LogP contribution in [-0.2, 0) is 10.0 Å². The molecule has 1 heterocycles. The summed E-state index contributed by atoms with van der Waals surface area (Å²) >= 11 is 0. The number of benzene rings is 2. The maximum Gasteiger partial charge on any atom is 0.262 e. The Hall–Kier alpha value is -2.38. The van der Waals surface area contributed by atoms with Crippen LogP contribution in [-0.4, -0.2) is 57.4 Å². The standard InChI is InChI=1S/C22H29N3O3S/c1-16-8-9-17(2)21(14-16)29(27,28)23-19-7-5-6-18(15-19)22(26)25(4)20-10-12-24(3)13-11-20/h5-9,14-15,20,23H,10-13H2,1-4H3. The van der Waals surface area contributed by atoms with E-state index in [9.17, 15) is 13.2 Å². The molecule has 7 heteroatoms. The molecule has 0 radical (unpaired) electrons. The van der Waals surface area contributed by atoms with Gasteiger partial charge in [0, 0.05) is 24.3 Å². The average Bonchev–Trinajstić information content (AvgIpc) is 2.69. The first-order valence-corrected chi connectivity index (χ1v) is 11.3. The van der Waals surface area contributed by atoms with Crippen molar-refractivity contribution in [2.24, 2.45) is 0 Å². The summed E-state index contributed by atoms with van der Waals surface area (Å²) in [6, 6.07) is 12.2. The third-order valence-electron chi connectivity index (χ3n) is 5.55. The molecule has 0 unspecified atom stereocenters. The molecular formula is C22H29N3O3S. The molecule has 3 rings (SSSR count). The molecule has 2 aromatic carbocycles. The molecule has 1 saturated heterocycles. The number of sulfonamides is 1. The van der Waals surface area contributed by atoms with Crippen molar-refractivity contribution in [3.05, 3.63) is 59.2 Å². The fourth-order valence-electron chi connectivity index (χ4n) is 3.67.